The van der Waals surface area contributed by atoms with Gasteiger partial charge in [0.05, 0.1) is 5.41 Å². The molecule has 2 N–H and O–H groups in total. The van der Waals surface area contributed by atoms with E-state index >= 15 is 0 Å². The molecule has 2 bridgehead atoms. The number of hydrogen-bond donors (Lipinski definition) is 2. The molecule has 0 aliphatic heterocycles. The molecule has 12 heteroatoms. The second kappa shape index (κ2) is 13.9. The van der Waals surface area contributed by atoms with Gasteiger partial charge in [-0.25, -0.2) is 4.79 Å². The summed E-state index contributed by atoms with van der Waals surface area (Å²) in [6.07, 6.45) is -4.43. The van der Waals surface area contributed by atoms with Crippen LogP contribution in [0.3, 0.4) is 0 Å². The van der Waals surface area contributed by atoms with Gasteiger partial charge in [-0.2, -0.15) is 0 Å². The zero-order chi connectivity index (χ0) is 36.6. The normalized spacial score (nSPS) is 33.8. The van der Waals surface area contributed by atoms with Gasteiger partial charge in [-0.15, -0.1) is 0 Å². The highest BCUT2D eigenvalue weighted by Crippen LogP contribution is 2.63. The summed E-state index contributed by atoms with van der Waals surface area (Å²) in [5, 5.41) is 25.1. The maximum absolute atomic E-state index is 13.2. The Morgan fingerprint density at radius 2 is 1.47 bits per heavy atom. The number of allylic oxidation sites excluding steroid dienone is 1. The molecule has 3 aliphatic carbocycles. The summed E-state index contributed by atoms with van der Waals surface area (Å²) < 4.78 is 29.3. The molecule has 3 aliphatic rings. The Bertz CT molecular complexity index is 1570. The predicted molar refractivity (Wildman–Crippen MR) is 175 cm³/mol. The third-order valence-corrected chi connectivity index (χ3v) is 10.6. The van der Waals surface area contributed by atoms with Crippen LogP contribution in [-0.4, -0.2) is 76.2 Å². The van der Waals surface area contributed by atoms with Gasteiger partial charge in [-0.05, 0) is 29.7 Å². The fourth-order valence-electron chi connectivity index (χ4n) is 8.24. The van der Waals surface area contributed by atoms with Crippen LogP contribution >= 0.6 is 0 Å². The first-order valence-electron chi connectivity index (χ1n) is 16.2. The van der Waals surface area contributed by atoms with Crippen LogP contribution in [0.4, 0.5) is 0 Å². The summed E-state index contributed by atoms with van der Waals surface area (Å²) in [6.45, 7) is 15.5. The Balaban J connectivity index is 1.98. The summed E-state index contributed by atoms with van der Waals surface area (Å²) in [4.78, 5) is 63.8. The monoisotopic (exact) mass is 682 g/mol. The quantitative estimate of drug-likeness (QED) is 0.184. The lowest BCUT2D eigenvalue weighted by Gasteiger charge is -2.64. The van der Waals surface area contributed by atoms with E-state index in [1.165, 1.54) is 33.8 Å². The Morgan fingerprint density at radius 3 is 2.02 bits per heavy atom. The van der Waals surface area contributed by atoms with Gasteiger partial charge in [0.15, 0.2) is 0 Å². The molecule has 1 aromatic carbocycles. The van der Waals surface area contributed by atoms with Crippen LogP contribution in [-0.2, 0) is 47.7 Å². The molecule has 0 radical (unpaired) electrons. The van der Waals surface area contributed by atoms with Gasteiger partial charge in [0.2, 0.25) is 0 Å². The lowest BCUT2D eigenvalue weighted by Crippen LogP contribution is -2.74. The molecule has 12 nitrogen and oxygen atoms in total. The van der Waals surface area contributed by atoms with Crippen molar-refractivity contribution in [3.8, 4) is 0 Å². The van der Waals surface area contributed by atoms with E-state index in [0.717, 1.165) is 12.5 Å². The molecule has 9 atom stereocenters. The molecule has 0 spiro atoms. The van der Waals surface area contributed by atoms with Gasteiger partial charge in [0.25, 0.3) is 0 Å². The molecule has 266 valence electrons. The number of carbonyl (C=O) groups excluding carboxylic acids is 5. The first-order chi connectivity index (χ1) is 22.8. The standard InChI is InChI=1S/C37H46O12/c1-19-27(49-30(42)16-15-25-13-11-10-12-14-25)18-29(46-22(4)39)36(9)31(19)32(47-23(5)40)26-17-28(45-21(3)38)20(2)37(44,35(26,7)8)33(43)34(36)48-24(6)41/h10-16,26-27,29,31-34,43-44H,1,17-18H2,2-9H3/b16-15-/t26-,27-,29-,31-,32-,33-,34+,36+,37-/m0/s1. The number of carbonyl (C=O) groups is 5. The van der Waals surface area contributed by atoms with Crippen LogP contribution in [0.2, 0.25) is 0 Å². The lowest BCUT2D eigenvalue weighted by atomic mass is 9.45. The van der Waals surface area contributed by atoms with Gasteiger partial charge in [0.1, 0.15) is 41.9 Å². The zero-order valence-electron chi connectivity index (χ0n) is 29.2. The van der Waals surface area contributed by atoms with Crippen LogP contribution in [0.15, 0.2) is 59.9 Å². The molecule has 0 amide bonds. The van der Waals surface area contributed by atoms with E-state index in [9.17, 15) is 34.2 Å². The maximum atomic E-state index is 13.2. The van der Waals surface area contributed by atoms with E-state index in [1.54, 1.807) is 39.0 Å². The van der Waals surface area contributed by atoms with E-state index in [0.29, 0.717) is 0 Å². The topological polar surface area (TPSA) is 172 Å². The van der Waals surface area contributed by atoms with Crippen molar-refractivity contribution in [2.75, 3.05) is 0 Å². The number of ether oxygens (including phenoxy) is 5. The lowest BCUT2D eigenvalue weighted by molar-refractivity contribution is -0.274. The average molecular weight is 683 g/mol. The summed E-state index contributed by atoms with van der Waals surface area (Å²) in [7, 11) is 0. The predicted octanol–water partition coefficient (Wildman–Crippen LogP) is 3.98. The number of fused-ring (bicyclic) bond motifs is 3. The van der Waals surface area contributed by atoms with Crippen molar-refractivity contribution in [1.82, 2.24) is 0 Å². The number of rotatable bonds is 7. The highest BCUT2D eigenvalue weighted by Gasteiger charge is 2.72. The van der Waals surface area contributed by atoms with Crippen LogP contribution in [0.1, 0.15) is 73.8 Å². The van der Waals surface area contributed by atoms with Crippen molar-refractivity contribution in [3.63, 3.8) is 0 Å². The minimum Gasteiger partial charge on any atom is -0.462 e. The van der Waals surface area contributed by atoms with E-state index in [2.05, 4.69) is 6.58 Å². The Labute approximate surface area is 286 Å². The third kappa shape index (κ3) is 6.81. The number of benzene rings is 1. The fourth-order valence-corrected chi connectivity index (χ4v) is 8.24. The van der Waals surface area contributed by atoms with Crippen molar-refractivity contribution in [3.05, 3.63) is 65.5 Å². The first kappa shape index (κ1) is 37.5. The molecule has 4 rings (SSSR count). The summed E-state index contributed by atoms with van der Waals surface area (Å²) in [6, 6.07) is 9.07. The minimum absolute atomic E-state index is 0.0218. The third-order valence-electron chi connectivity index (χ3n) is 10.6. The Morgan fingerprint density at radius 1 is 0.878 bits per heavy atom. The molecule has 0 unspecified atom stereocenters. The van der Waals surface area contributed by atoms with E-state index < -0.39 is 88.6 Å². The number of esters is 5. The molecule has 2 fully saturated rings. The molecular weight excluding hydrogens is 636 g/mol. The second-order valence-corrected chi connectivity index (χ2v) is 13.9. The first-order valence-corrected chi connectivity index (χ1v) is 16.2. The van der Waals surface area contributed by atoms with E-state index in [4.69, 9.17) is 23.7 Å². The van der Waals surface area contributed by atoms with Crippen molar-refractivity contribution < 1.29 is 57.9 Å². The van der Waals surface area contributed by atoms with Crippen molar-refractivity contribution in [1.29, 1.82) is 0 Å². The van der Waals surface area contributed by atoms with Crippen LogP contribution in [0.5, 0.6) is 0 Å². The van der Waals surface area contributed by atoms with Gasteiger partial charge in [0, 0.05) is 63.9 Å². The number of aliphatic hydroxyl groups is 2. The van der Waals surface area contributed by atoms with E-state index in [1.807, 2.05) is 18.2 Å². The van der Waals surface area contributed by atoms with Crippen LogP contribution in [0.25, 0.3) is 6.08 Å². The van der Waals surface area contributed by atoms with Crippen molar-refractivity contribution in [2.45, 2.75) is 104 Å². The van der Waals surface area contributed by atoms with Crippen LogP contribution in [0, 0.1) is 22.7 Å². The molecule has 0 aromatic heterocycles. The van der Waals surface area contributed by atoms with Crippen molar-refractivity contribution >= 4 is 35.9 Å². The molecule has 0 heterocycles. The highest BCUT2D eigenvalue weighted by atomic mass is 16.6. The molecule has 0 saturated heterocycles. The summed E-state index contributed by atoms with van der Waals surface area (Å²) in [5.41, 5.74) is -4.10. The van der Waals surface area contributed by atoms with Crippen LogP contribution < -0.4 is 0 Å². The average Bonchev–Trinajstić information content (AvgIpc) is 3.00. The molecule has 2 saturated carbocycles. The highest BCUT2D eigenvalue weighted by molar-refractivity contribution is 5.87. The smallest absolute Gasteiger partial charge is 0.331 e. The van der Waals surface area contributed by atoms with E-state index in [-0.39, 0.29) is 29.7 Å². The maximum Gasteiger partial charge on any atom is 0.331 e. The molecule has 49 heavy (non-hydrogen) atoms. The van der Waals surface area contributed by atoms with Gasteiger partial charge < -0.3 is 33.9 Å². The zero-order valence-corrected chi connectivity index (χ0v) is 29.2. The SMILES string of the molecule is C=C1[C@@H](OC(=O)/C=C\c2ccccc2)C[C@H](OC(C)=O)[C@@]2(C)[C@H](OC(C)=O)[C@H](O)[C@@]3(O)C(C)=C(OC(C)=O)C[C@@H]([C@H](OC(C)=O)[C@H]12)C3(C)C. The van der Waals surface area contributed by atoms with Gasteiger partial charge in [-0.1, -0.05) is 57.7 Å². The Kier molecular flexibility index (Phi) is 10.7. The largest absolute Gasteiger partial charge is 0.462 e. The minimum atomic E-state index is -2.24. The van der Waals surface area contributed by atoms with Gasteiger partial charge >= 0.3 is 29.8 Å². The van der Waals surface area contributed by atoms with Crippen molar-refractivity contribution in [2.24, 2.45) is 22.7 Å². The summed E-state index contributed by atoms with van der Waals surface area (Å²) in [5.74, 6) is -5.60. The second-order valence-electron chi connectivity index (χ2n) is 13.9. The fraction of sp³-hybridized carbons (Fsp3) is 0.541. The number of hydrogen-bond acceptors (Lipinski definition) is 12. The molecule has 1 aromatic rings. The Hall–Kier alpha value is -4.29. The van der Waals surface area contributed by atoms with Gasteiger partial charge in [-0.3, -0.25) is 19.2 Å². The summed E-state index contributed by atoms with van der Waals surface area (Å²) >= 11 is 0. The number of aliphatic hydroxyl groups excluding tert-OH is 1. The molecular formula is C37H46O12.